The van der Waals surface area contributed by atoms with Crippen LogP contribution in [0.1, 0.15) is 51.4 Å². The van der Waals surface area contributed by atoms with E-state index in [1.165, 1.54) is 5.56 Å². The van der Waals surface area contributed by atoms with Gasteiger partial charge in [0.1, 0.15) is 5.69 Å². The van der Waals surface area contributed by atoms with Crippen LogP contribution in [0.5, 0.6) is 0 Å². The third-order valence-electron chi connectivity index (χ3n) is 6.39. The molecule has 3 aliphatic heterocycles. The smallest absolute Gasteiger partial charge is 0.274 e. The lowest BCUT2D eigenvalue weighted by Crippen LogP contribution is -2.47. The molecule has 8 nitrogen and oxygen atoms in total. The highest BCUT2D eigenvalue weighted by atomic mass is 16.7. The average molecular weight is 425 g/mol. The summed E-state index contributed by atoms with van der Waals surface area (Å²) in [6.45, 7) is 6.27. The van der Waals surface area contributed by atoms with E-state index in [0.29, 0.717) is 70.2 Å². The summed E-state index contributed by atoms with van der Waals surface area (Å²) in [5.74, 6) is -0.726. The normalized spacial score (nSPS) is 20.7. The number of ether oxygens (including phenoxy) is 2. The molecule has 8 heteroatoms. The summed E-state index contributed by atoms with van der Waals surface area (Å²) in [5.41, 5.74) is 3.11. The molecule has 2 saturated heterocycles. The summed E-state index contributed by atoms with van der Waals surface area (Å²) in [5, 5.41) is 4.50. The van der Waals surface area contributed by atoms with Crippen molar-refractivity contribution in [3.05, 3.63) is 52.8 Å². The maximum atomic E-state index is 13.2. The Bertz CT molecular complexity index is 985. The summed E-state index contributed by atoms with van der Waals surface area (Å²) >= 11 is 0. The molecule has 2 fully saturated rings. The zero-order valence-corrected chi connectivity index (χ0v) is 17.9. The Morgan fingerprint density at radius 2 is 1.87 bits per heavy atom. The quantitative estimate of drug-likeness (QED) is 0.755. The van der Waals surface area contributed by atoms with Crippen LogP contribution in [-0.2, 0) is 22.6 Å². The van der Waals surface area contributed by atoms with Crippen molar-refractivity contribution in [2.45, 2.75) is 45.1 Å². The molecule has 0 radical (unpaired) electrons. The molecule has 1 aromatic heterocycles. The number of likely N-dealkylation sites (tertiary alicyclic amines) is 1. The summed E-state index contributed by atoms with van der Waals surface area (Å²) in [7, 11) is 0. The van der Waals surface area contributed by atoms with Crippen LogP contribution < -0.4 is 0 Å². The number of carbonyl (C=O) groups is 2. The van der Waals surface area contributed by atoms with E-state index in [0.717, 1.165) is 12.0 Å². The number of carbonyl (C=O) groups excluding carboxylic acids is 2. The van der Waals surface area contributed by atoms with Crippen LogP contribution in [0.3, 0.4) is 0 Å². The minimum absolute atomic E-state index is 0.0732. The molecule has 0 atom stereocenters. The number of fused-ring (bicyclic) bond motifs is 1. The molecule has 5 rings (SSSR count). The van der Waals surface area contributed by atoms with Gasteiger partial charge in [0.05, 0.1) is 13.2 Å². The Hall–Kier alpha value is -2.71. The van der Waals surface area contributed by atoms with Gasteiger partial charge < -0.3 is 19.3 Å². The van der Waals surface area contributed by atoms with Crippen LogP contribution in [0.25, 0.3) is 0 Å². The predicted octanol–water partition coefficient (Wildman–Crippen LogP) is 2.22. The van der Waals surface area contributed by atoms with Crippen LogP contribution in [-0.4, -0.2) is 70.0 Å². The number of hydrogen-bond donors (Lipinski definition) is 0. The predicted molar refractivity (Wildman–Crippen MR) is 113 cm³/mol. The molecule has 1 aromatic carbocycles. The zero-order chi connectivity index (χ0) is 21.4. The molecule has 2 amide bonds. The van der Waals surface area contributed by atoms with Crippen LogP contribution in [0.15, 0.2) is 30.3 Å². The molecule has 4 heterocycles. The zero-order valence-electron chi connectivity index (χ0n) is 17.9. The second kappa shape index (κ2) is 8.09. The Balaban J connectivity index is 1.30. The van der Waals surface area contributed by atoms with Gasteiger partial charge in [-0.05, 0) is 18.9 Å². The second-order valence-corrected chi connectivity index (χ2v) is 8.61. The van der Waals surface area contributed by atoms with Crippen molar-refractivity contribution in [3.8, 4) is 0 Å². The van der Waals surface area contributed by atoms with Crippen molar-refractivity contribution < 1.29 is 19.1 Å². The summed E-state index contributed by atoms with van der Waals surface area (Å²) in [6, 6.07) is 9.86. The fourth-order valence-corrected chi connectivity index (χ4v) is 4.72. The lowest BCUT2D eigenvalue weighted by molar-refractivity contribution is -0.181. The fourth-order valence-electron chi connectivity index (χ4n) is 4.72. The Kier molecular flexibility index (Phi) is 5.27. The van der Waals surface area contributed by atoms with Crippen molar-refractivity contribution in [1.82, 2.24) is 19.6 Å². The summed E-state index contributed by atoms with van der Waals surface area (Å²) in [4.78, 5) is 29.9. The molecule has 0 saturated carbocycles. The van der Waals surface area contributed by atoms with Gasteiger partial charge in [-0.2, -0.15) is 5.10 Å². The first-order valence-electron chi connectivity index (χ1n) is 11.0. The van der Waals surface area contributed by atoms with E-state index in [1.807, 2.05) is 30.0 Å². The van der Waals surface area contributed by atoms with Gasteiger partial charge in [-0.15, -0.1) is 0 Å². The van der Waals surface area contributed by atoms with E-state index in [1.54, 1.807) is 15.6 Å². The molecule has 31 heavy (non-hydrogen) atoms. The molecule has 0 bridgehead atoms. The molecule has 2 aromatic rings. The Labute approximate surface area is 181 Å². The molecule has 0 N–H and O–H groups in total. The minimum atomic E-state index is -0.519. The SMILES string of the molecule is Cc1cccc(CN2CCCn3nc(C(=O)N4CCC5(CC4)OCCO5)cc3C2=O)c1. The van der Waals surface area contributed by atoms with Crippen LogP contribution in [0.4, 0.5) is 0 Å². The highest BCUT2D eigenvalue weighted by molar-refractivity contribution is 5.98. The highest BCUT2D eigenvalue weighted by Crippen LogP contribution is 2.31. The summed E-state index contributed by atoms with van der Waals surface area (Å²) < 4.78 is 13.2. The lowest BCUT2D eigenvalue weighted by Gasteiger charge is -2.37. The van der Waals surface area contributed by atoms with Crippen molar-refractivity contribution in [2.24, 2.45) is 0 Å². The monoisotopic (exact) mass is 424 g/mol. The first-order chi connectivity index (χ1) is 15.0. The lowest BCUT2D eigenvalue weighted by atomic mass is 10.0. The third-order valence-corrected chi connectivity index (χ3v) is 6.39. The number of hydrogen-bond acceptors (Lipinski definition) is 5. The Morgan fingerprint density at radius 1 is 1.10 bits per heavy atom. The van der Waals surface area contributed by atoms with Gasteiger partial charge in [-0.25, -0.2) is 0 Å². The van der Waals surface area contributed by atoms with Crippen molar-refractivity contribution in [3.63, 3.8) is 0 Å². The molecule has 1 spiro atoms. The highest BCUT2D eigenvalue weighted by Gasteiger charge is 2.41. The van der Waals surface area contributed by atoms with E-state index in [-0.39, 0.29) is 11.8 Å². The molecule has 3 aliphatic rings. The number of aromatic nitrogens is 2. The van der Waals surface area contributed by atoms with Crippen molar-refractivity contribution in [2.75, 3.05) is 32.8 Å². The first-order valence-corrected chi connectivity index (χ1v) is 11.0. The summed E-state index contributed by atoms with van der Waals surface area (Å²) in [6.07, 6.45) is 2.13. The molecule has 0 aliphatic carbocycles. The standard InChI is InChI=1S/C23H28N4O4/c1-17-4-2-5-18(14-17)16-26-8-3-9-27-20(22(26)29)15-19(24-27)21(28)25-10-6-23(7-11-25)30-12-13-31-23/h2,4-5,14-15H,3,6-13,16H2,1H3. The van der Waals surface area contributed by atoms with Gasteiger partial charge in [0.2, 0.25) is 0 Å². The number of amides is 2. The van der Waals surface area contributed by atoms with Gasteiger partial charge in [0.15, 0.2) is 11.5 Å². The van der Waals surface area contributed by atoms with Crippen LogP contribution in [0, 0.1) is 6.92 Å². The van der Waals surface area contributed by atoms with Crippen LogP contribution >= 0.6 is 0 Å². The number of benzene rings is 1. The maximum Gasteiger partial charge on any atom is 0.274 e. The molecule has 164 valence electrons. The largest absolute Gasteiger partial charge is 0.347 e. The van der Waals surface area contributed by atoms with Crippen LogP contribution in [0.2, 0.25) is 0 Å². The number of aryl methyl sites for hydroxylation is 2. The number of piperidine rings is 1. The van der Waals surface area contributed by atoms with Gasteiger partial charge in [0, 0.05) is 51.6 Å². The fraction of sp³-hybridized carbons (Fsp3) is 0.522. The van der Waals surface area contributed by atoms with E-state index >= 15 is 0 Å². The number of rotatable bonds is 3. The maximum absolute atomic E-state index is 13.2. The van der Waals surface area contributed by atoms with Gasteiger partial charge in [0.25, 0.3) is 11.8 Å². The molecule has 0 unspecified atom stereocenters. The van der Waals surface area contributed by atoms with Crippen molar-refractivity contribution in [1.29, 1.82) is 0 Å². The Morgan fingerprint density at radius 3 is 2.61 bits per heavy atom. The van der Waals surface area contributed by atoms with E-state index < -0.39 is 5.79 Å². The van der Waals surface area contributed by atoms with E-state index in [2.05, 4.69) is 11.2 Å². The van der Waals surface area contributed by atoms with Gasteiger partial charge >= 0.3 is 0 Å². The van der Waals surface area contributed by atoms with Gasteiger partial charge in [-0.3, -0.25) is 14.3 Å². The van der Waals surface area contributed by atoms with Crippen molar-refractivity contribution >= 4 is 11.8 Å². The molecular formula is C23H28N4O4. The second-order valence-electron chi connectivity index (χ2n) is 8.61. The third kappa shape index (κ3) is 3.97. The molecular weight excluding hydrogens is 396 g/mol. The van der Waals surface area contributed by atoms with Gasteiger partial charge in [-0.1, -0.05) is 29.8 Å². The average Bonchev–Trinajstić information content (AvgIpc) is 3.37. The van der Waals surface area contributed by atoms with E-state index in [9.17, 15) is 9.59 Å². The van der Waals surface area contributed by atoms with E-state index in [4.69, 9.17) is 9.47 Å². The minimum Gasteiger partial charge on any atom is -0.347 e. The first kappa shape index (κ1) is 20.2. The number of nitrogens with zero attached hydrogens (tertiary/aromatic N) is 4. The topological polar surface area (TPSA) is 76.9 Å².